The summed E-state index contributed by atoms with van der Waals surface area (Å²) in [6, 6.07) is 16.2. The minimum Gasteiger partial charge on any atom is -0.462 e. The first-order chi connectivity index (χ1) is 10.7. The normalized spacial score (nSPS) is 9.59. The maximum absolute atomic E-state index is 12.0. The van der Waals surface area contributed by atoms with E-state index in [1.165, 1.54) is 11.8 Å². The van der Waals surface area contributed by atoms with Crippen molar-refractivity contribution in [3.8, 4) is 12.1 Å². The van der Waals surface area contributed by atoms with Gasteiger partial charge in [-0.3, -0.25) is 0 Å². The fourth-order valence-electron chi connectivity index (χ4n) is 1.88. The number of nitriles is 2. The lowest BCUT2D eigenvalue weighted by atomic mass is 10.1. The summed E-state index contributed by atoms with van der Waals surface area (Å²) in [6.07, 6.45) is 0. The van der Waals surface area contributed by atoms with Crippen LogP contribution >= 0.6 is 11.8 Å². The van der Waals surface area contributed by atoms with Gasteiger partial charge in [-0.2, -0.15) is 10.5 Å². The summed E-state index contributed by atoms with van der Waals surface area (Å²) in [6.45, 7) is 2.04. The third-order valence-corrected chi connectivity index (χ3v) is 4.00. The van der Waals surface area contributed by atoms with Crippen molar-refractivity contribution < 1.29 is 9.53 Å². The molecule has 0 N–H and O–H groups in total. The van der Waals surface area contributed by atoms with Crippen LogP contribution in [0.4, 0.5) is 0 Å². The fourth-order valence-corrected chi connectivity index (χ4v) is 2.93. The monoisotopic (exact) mass is 308 g/mol. The van der Waals surface area contributed by atoms with Gasteiger partial charge in [0.2, 0.25) is 0 Å². The molecular weight excluding hydrogens is 296 g/mol. The molecule has 0 bridgehead atoms. The summed E-state index contributed by atoms with van der Waals surface area (Å²) in [7, 11) is 0. The molecule has 22 heavy (non-hydrogen) atoms. The van der Waals surface area contributed by atoms with Crippen LogP contribution in [0.1, 0.15) is 28.4 Å². The van der Waals surface area contributed by atoms with Crippen LogP contribution < -0.4 is 0 Å². The first-order valence-corrected chi connectivity index (χ1v) is 7.40. The molecule has 0 aliphatic heterocycles. The Labute approximate surface area is 132 Å². The van der Waals surface area contributed by atoms with Crippen molar-refractivity contribution in [2.75, 3.05) is 6.61 Å². The van der Waals surface area contributed by atoms with Crippen LogP contribution in [0.3, 0.4) is 0 Å². The highest BCUT2D eigenvalue weighted by atomic mass is 32.2. The SMILES string of the molecule is CCOC(=O)c1ccccc1Sc1cccc(C#N)c1C#N. The third kappa shape index (κ3) is 3.28. The van der Waals surface area contributed by atoms with Crippen LogP contribution in [0.5, 0.6) is 0 Å². The zero-order valence-electron chi connectivity index (χ0n) is 11.9. The van der Waals surface area contributed by atoms with Crippen molar-refractivity contribution in [3.63, 3.8) is 0 Å². The Morgan fingerprint density at radius 2 is 1.82 bits per heavy atom. The molecule has 0 fully saturated rings. The number of nitrogens with zero attached hydrogens (tertiary/aromatic N) is 2. The molecule has 0 spiro atoms. The Kier molecular flexibility index (Phi) is 5.19. The molecule has 5 heteroatoms. The molecule has 0 aliphatic rings. The van der Waals surface area contributed by atoms with Crippen molar-refractivity contribution >= 4 is 17.7 Å². The van der Waals surface area contributed by atoms with E-state index in [0.717, 1.165) is 0 Å². The van der Waals surface area contributed by atoms with E-state index in [9.17, 15) is 10.1 Å². The second kappa shape index (κ2) is 7.31. The summed E-state index contributed by atoms with van der Waals surface area (Å²) in [5.41, 5.74) is 1.08. The van der Waals surface area contributed by atoms with E-state index in [0.29, 0.717) is 33.1 Å². The molecule has 0 atom stereocenters. The Balaban J connectivity index is 2.43. The number of carbonyl (C=O) groups is 1. The highest BCUT2D eigenvalue weighted by Crippen LogP contribution is 2.34. The van der Waals surface area contributed by atoms with E-state index in [-0.39, 0.29) is 0 Å². The Morgan fingerprint density at radius 1 is 1.09 bits per heavy atom. The van der Waals surface area contributed by atoms with Gasteiger partial charge in [0.25, 0.3) is 0 Å². The van der Waals surface area contributed by atoms with Crippen LogP contribution in [0.25, 0.3) is 0 Å². The standard InChI is InChI=1S/C17H12N2O2S/c1-2-21-17(20)13-7-3-4-8-15(13)22-16-9-5-6-12(10-18)14(16)11-19/h3-9H,2H2,1H3. The number of esters is 1. The molecule has 0 saturated carbocycles. The Bertz CT molecular complexity index is 788. The number of hydrogen-bond donors (Lipinski definition) is 0. The number of benzene rings is 2. The number of carbonyl (C=O) groups excluding carboxylic acids is 1. The van der Waals surface area contributed by atoms with Gasteiger partial charge in [-0.1, -0.05) is 30.0 Å². The van der Waals surface area contributed by atoms with Crippen molar-refractivity contribution in [1.82, 2.24) is 0 Å². The average molecular weight is 308 g/mol. The fraction of sp³-hybridized carbons (Fsp3) is 0.118. The van der Waals surface area contributed by atoms with E-state index < -0.39 is 5.97 Å². The van der Waals surface area contributed by atoms with Gasteiger partial charge in [-0.05, 0) is 31.2 Å². The molecule has 0 aromatic heterocycles. The van der Waals surface area contributed by atoms with Gasteiger partial charge < -0.3 is 4.74 Å². The molecule has 2 rings (SSSR count). The minimum atomic E-state index is -0.402. The van der Waals surface area contributed by atoms with Crippen molar-refractivity contribution in [1.29, 1.82) is 10.5 Å². The van der Waals surface area contributed by atoms with Gasteiger partial charge in [0.15, 0.2) is 0 Å². The van der Waals surface area contributed by atoms with Gasteiger partial charge in [-0.25, -0.2) is 4.79 Å². The highest BCUT2D eigenvalue weighted by molar-refractivity contribution is 7.99. The number of ether oxygens (including phenoxy) is 1. The topological polar surface area (TPSA) is 73.9 Å². The molecule has 0 radical (unpaired) electrons. The molecule has 0 aliphatic carbocycles. The maximum atomic E-state index is 12.0. The van der Waals surface area contributed by atoms with Crippen LogP contribution in [-0.2, 0) is 4.74 Å². The first-order valence-electron chi connectivity index (χ1n) is 6.58. The molecular formula is C17H12N2O2S. The van der Waals surface area contributed by atoms with Crippen LogP contribution in [0.15, 0.2) is 52.3 Å². The third-order valence-electron chi connectivity index (χ3n) is 2.86. The molecule has 0 unspecified atom stereocenters. The molecule has 0 heterocycles. The van der Waals surface area contributed by atoms with E-state index >= 15 is 0 Å². The predicted octanol–water partition coefficient (Wildman–Crippen LogP) is 3.76. The second-order valence-electron chi connectivity index (χ2n) is 4.22. The number of rotatable bonds is 4. The van der Waals surface area contributed by atoms with E-state index in [2.05, 4.69) is 0 Å². The van der Waals surface area contributed by atoms with Gasteiger partial charge in [0.05, 0.1) is 23.3 Å². The molecule has 2 aromatic rings. The summed E-state index contributed by atoms with van der Waals surface area (Å²) >= 11 is 1.27. The molecule has 2 aromatic carbocycles. The van der Waals surface area contributed by atoms with Gasteiger partial charge in [0.1, 0.15) is 12.1 Å². The van der Waals surface area contributed by atoms with Crippen LogP contribution in [0.2, 0.25) is 0 Å². The lowest BCUT2D eigenvalue weighted by Crippen LogP contribution is -2.05. The Morgan fingerprint density at radius 3 is 2.50 bits per heavy atom. The smallest absolute Gasteiger partial charge is 0.339 e. The molecule has 0 saturated heterocycles. The molecule has 0 amide bonds. The van der Waals surface area contributed by atoms with Crippen molar-refractivity contribution in [3.05, 3.63) is 59.2 Å². The van der Waals surface area contributed by atoms with Gasteiger partial charge in [-0.15, -0.1) is 0 Å². The summed E-state index contributed by atoms with van der Waals surface area (Å²) < 4.78 is 5.04. The second-order valence-corrected chi connectivity index (χ2v) is 5.30. The van der Waals surface area contributed by atoms with E-state index in [1.54, 1.807) is 43.3 Å². The lowest BCUT2D eigenvalue weighted by Gasteiger charge is -2.09. The predicted molar refractivity (Wildman–Crippen MR) is 82.4 cm³/mol. The largest absolute Gasteiger partial charge is 0.462 e. The quantitative estimate of drug-likeness (QED) is 0.804. The number of hydrogen-bond acceptors (Lipinski definition) is 5. The van der Waals surface area contributed by atoms with Crippen molar-refractivity contribution in [2.24, 2.45) is 0 Å². The summed E-state index contributed by atoms with van der Waals surface area (Å²) in [5.74, 6) is -0.402. The van der Waals surface area contributed by atoms with Crippen LogP contribution in [0, 0.1) is 22.7 Å². The first kappa shape index (κ1) is 15.6. The Hall–Kier alpha value is -2.76. The average Bonchev–Trinajstić information content (AvgIpc) is 2.55. The summed E-state index contributed by atoms with van der Waals surface area (Å²) in [5, 5.41) is 18.3. The zero-order valence-corrected chi connectivity index (χ0v) is 12.7. The summed E-state index contributed by atoms with van der Waals surface area (Å²) in [4.78, 5) is 13.3. The van der Waals surface area contributed by atoms with Gasteiger partial charge in [0, 0.05) is 9.79 Å². The zero-order chi connectivity index (χ0) is 15.9. The van der Waals surface area contributed by atoms with E-state index in [4.69, 9.17) is 10.00 Å². The lowest BCUT2D eigenvalue weighted by molar-refractivity contribution is 0.0522. The highest BCUT2D eigenvalue weighted by Gasteiger charge is 2.15. The van der Waals surface area contributed by atoms with Gasteiger partial charge >= 0.3 is 5.97 Å². The maximum Gasteiger partial charge on any atom is 0.339 e. The van der Waals surface area contributed by atoms with Crippen molar-refractivity contribution in [2.45, 2.75) is 16.7 Å². The van der Waals surface area contributed by atoms with Crippen LogP contribution in [-0.4, -0.2) is 12.6 Å². The molecule has 4 nitrogen and oxygen atoms in total. The minimum absolute atomic E-state index is 0.297. The molecule has 108 valence electrons. The van der Waals surface area contributed by atoms with E-state index in [1.807, 2.05) is 18.2 Å².